The van der Waals surface area contributed by atoms with Gasteiger partial charge in [-0.2, -0.15) is 0 Å². The first kappa shape index (κ1) is 24.1. The molecule has 1 fully saturated rings. The molecule has 0 bridgehead atoms. The summed E-state index contributed by atoms with van der Waals surface area (Å²) < 4.78 is 38.3. The summed E-state index contributed by atoms with van der Waals surface area (Å²) in [5, 5.41) is 2.87. The van der Waals surface area contributed by atoms with E-state index in [1.54, 1.807) is 6.07 Å². The number of ether oxygens (including phenoxy) is 2. The number of amides is 1. The highest BCUT2D eigenvalue weighted by Gasteiger charge is 2.22. The largest absolute Gasteiger partial charge is 0.489 e. The van der Waals surface area contributed by atoms with Crippen LogP contribution in [0.2, 0.25) is 0 Å². The lowest BCUT2D eigenvalue weighted by Crippen LogP contribution is -2.43. The number of carbonyl (C=O) groups excluding carboxylic acids is 1. The van der Waals surface area contributed by atoms with Crippen LogP contribution in [0.25, 0.3) is 0 Å². The third-order valence-electron chi connectivity index (χ3n) is 4.03. The SMILES string of the molecule is O=C(NCC1CCCCN1)c1cc(OCC(F)(P)P)ccc1OCC(F)(P)P. The first-order valence-corrected chi connectivity index (χ1v) is 11.3. The second-order valence-electron chi connectivity index (χ2n) is 6.95. The van der Waals surface area contributed by atoms with Crippen LogP contribution in [0.5, 0.6) is 11.5 Å². The monoisotopic (exact) mass is 470 g/mol. The standard InChI is InChI=1S/C17H28F2N2O3P4/c18-16(25,26)9-23-12-4-5-14(24-10-17(19,27)28)13(7-12)15(22)21-8-11-3-1-2-6-20-11/h4-5,7,11,20H,1-3,6,8-10,25-28H2,(H,21,22). The molecule has 0 spiro atoms. The minimum absolute atomic E-state index is 0.213. The summed E-state index contributed by atoms with van der Waals surface area (Å²) in [6, 6.07) is 4.78. The predicted molar refractivity (Wildman–Crippen MR) is 122 cm³/mol. The number of hydrogen-bond donors (Lipinski definition) is 2. The van der Waals surface area contributed by atoms with Crippen LogP contribution in [0.3, 0.4) is 0 Å². The van der Waals surface area contributed by atoms with Gasteiger partial charge in [0.1, 0.15) is 24.7 Å². The highest BCUT2D eigenvalue weighted by Crippen LogP contribution is 2.33. The second kappa shape index (κ2) is 10.7. The Balaban J connectivity index is 2.11. The Labute approximate surface area is 174 Å². The van der Waals surface area contributed by atoms with Gasteiger partial charge in [0.15, 0.2) is 10.3 Å². The van der Waals surface area contributed by atoms with Gasteiger partial charge in [-0.1, -0.05) is 43.4 Å². The number of alkyl halides is 2. The zero-order valence-electron chi connectivity index (χ0n) is 15.5. The first-order valence-electron chi connectivity index (χ1n) is 8.98. The van der Waals surface area contributed by atoms with Crippen molar-refractivity contribution in [2.24, 2.45) is 0 Å². The summed E-state index contributed by atoms with van der Waals surface area (Å²) >= 11 is 0. The minimum Gasteiger partial charge on any atom is -0.489 e. The second-order valence-corrected chi connectivity index (χ2v) is 12.1. The zero-order chi connectivity index (χ0) is 20.8. The molecule has 5 nitrogen and oxygen atoms in total. The summed E-state index contributed by atoms with van der Waals surface area (Å²) in [6.07, 6.45) is 3.26. The molecule has 11 heteroatoms. The van der Waals surface area contributed by atoms with Crippen molar-refractivity contribution in [1.29, 1.82) is 0 Å². The van der Waals surface area contributed by atoms with Crippen molar-refractivity contribution >= 4 is 42.9 Å². The quantitative estimate of drug-likeness (QED) is 0.545. The lowest BCUT2D eigenvalue weighted by molar-refractivity contribution is 0.0941. The summed E-state index contributed by atoms with van der Waals surface area (Å²) in [7, 11) is 8.07. The molecule has 1 heterocycles. The van der Waals surface area contributed by atoms with E-state index in [2.05, 4.69) is 10.6 Å². The van der Waals surface area contributed by atoms with Gasteiger partial charge in [-0.15, -0.1) is 0 Å². The molecular formula is C17H28F2N2O3P4. The van der Waals surface area contributed by atoms with Crippen LogP contribution in [0.15, 0.2) is 18.2 Å². The van der Waals surface area contributed by atoms with E-state index in [1.807, 2.05) is 37.0 Å². The maximum Gasteiger partial charge on any atom is 0.255 e. The smallest absolute Gasteiger partial charge is 0.255 e. The van der Waals surface area contributed by atoms with E-state index in [4.69, 9.17) is 9.47 Å². The van der Waals surface area contributed by atoms with Gasteiger partial charge in [-0.3, -0.25) is 4.79 Å². The van der Waals surface area contributed by atoms with Gasteiger partial charge in [0.25, 0.3) is 5.91 Å². The van der Waals surface area contributed by atoms with Crippen molar-refractivity contribution in [3.05, 3.63) is 23.8 Å². The Morgan fingerprint density at radius 2 is 1.82 bits per heavy atom. The molecular weight excluding hydrogens is 442 g/mol. The number of piperidine rings is 1. The Morgan fingerprint density at radius 1 is 1.14 bits per heavy atom. The van der Waals surface area contributed by atoms with Gasteiger partial charge in [-0.25, -0.2) is 8.78 Å². The Morgan fingerprint density at radius 3 is 2.43 bits per heavy atom. The number of rotatable bonds is 9. The zero-order valence-corrected chi connectivity index (χ0v) is 20.2. The molecule has 1 aliphatic rings. The Hall–Kier alpha value is -0.170. The molecule has 2 rings (SSSR count). The molecule has 1 aromatic rings. The van der Waals surface area contributed by atoms with Crippen molar-refractivity contribution in [3.8, 4) is 11.5 Å². The fourth-order valence-electron chi connectivity index (χ4n) is 2.69. The van der Waals surface area contributed by atoms with E-state index in [-0.39, 0.29) is 36.5 Å². The maximum absolute atomic E-state index is 13.8. The van der Waals surface area contributed by atoms with Crippen LogP contribution in [0.1, 0.15) is 29.6 Å². The van der Waals surface area contributed by atoms with Crippen LogP contribution < -0.4 is 20.1 Å². The summed E-state index contributed by atoms with van der Waals surface area (Å²) in [4.78, 5) is 12.7. The summed E-state index contributed by atoms with van der Waals surface area (Å²) in [5.74, 6) is 0.202. The molecule has 1 aromatic carbocycles. The lowest BCUT2D eigenvalue weighted by Gasteiger charge is -2.24. The van der Waals surface area contributed by atoms with Crippen molar-refractivity contribution in [2.45, 2.75) is 35.6 Å². The normalized spacial score (nSPS) is 17.9. The van der Waals surface area contributed by atoms with E-state index in [1.165, 1.54) is 12.1 Å². The fourth-order valence-corrected chi connectivity index (χ4v) is 3.03. The van der Waals surface area contributed by atoms with Gasteiger partial charge in [-0.05, 0) is 37.6 Å². The van der Waals surface area contributed by atoms with Crippen molar-refractivity contribution in [2.75, 3.05) is 26.3 Å². The third-order valence-corrected chi connectivity index (χ3v) is 4.69. The van der Waals surface area contributed by atoms with Crippen LogP contribution in [-0.2, 0) is 0 Å². The molecule has 5 unspecified atom stereocenters. The maximum atomic E-state index is 13.8. The third kappa shape index (κ3) is 9.10. The van der Waals surface area contributed by atoms with Crippen molar-refractivity contribution < 1.29 is 23.0 Å². The molecule has 1 amide bonds. The van der Waals surface area contributed by atoms with Gasteiger partial charge >= 0.3 is 0 Å². The highest BCUT2D eigenvalue weighted by molar-refractivity contribution is 7.39. The number of nitrogens with one attached hydrogen (secondary N) is 2. The first-order chi connectivity index (χ1) is 13.0. The molecule has 0 aromatic heterocycles. The average Bonchev–Trinajstić information content (AvgIpc) is 2.62. The number of carbonyl (C=O) groups is 1. The van der Waals surface area contributed by atoms with Crippen LogP contribution in [0, 0.1) is 0 Å². The van der Waals surface area contributed by atoms with E-state index >= 15 is 0 Å². The average molecular weight is 470 g/mol. The molecule has 28 heavy (non-hydrogen) atoms. The molecule has 1 saturated heterocycles. The topological polar surface area (TPSA) is 59.6 Å². The van der Waals surface area contributed by atoms with Gasteiger partial charge < -0.3 is 20.1 Å². The van der Waals surface area contributed by atoms with E-state index in [0.29, 0.717) is 12.3 Å². The van der Waals surface area contributed by atoms with Crippen molar-refractivity contribution in [1.82, 2.24) is 10.6 Å². The van der Waals surface area contributed by atoms with Crippen molar-refractivity contribution in [3.63, 3.8) is 0 Å². The molecule has 0 radical (unpaired) electrons. The van der Waals surface area contributed by atoms with E-state index in [0.717, 1.165) is 25.8 Å². The Kier molecular flexibility index (Phi) is 9.24. The van der Waals surface area contributed by atoms with Crippen LogP contribution >= 0.6 is 37.0 Å². The molecule has 158 valence electrons. The molecule has 0 aliphatic carbocycles. The lowest BCUT2D eigenvalue weighted by atomic mass is 10.0. The summed E-state index contributed by atoms with van der Waals surface area (Å²) in [5.41, 5.74) is 0.213. The Bertz CT molecular complexity index is 663. The molecule has 5 atom stereocenters. The number of hydrogen-bond acceptors (Lipinski definition) is 4. The van der Waals surface area contributed by atoms with Gasteiger partial charge in [0, 0.05) is 12.6 Å². The minimum atomic E-state index is -1.71. The highest BCUT2D eigenvalue weighted by atomic mass is 31.1. The van der Waals surface area contributed by atoms with E-state index in [9.17, 15) is 13.6 Å². The molecule has 1 aliphatic heterocycles. The van der Waals surface area contributed by atoms with Crippen LogP contribution in [-0.4, -0.2) is 48.6 Å². The summed E-state index contributed by atoms with van der Waals surface area (Å²) in [6.45, 7) is 0.931. The van der Waals surface area contributed by atoms with Gasteiger partial charge in [0.2, 0.25) is 0 Å². The number of halogens is 2. The predicted octanol–water partition coefficient (Wildman–Crippen LogP) is 3.06. The number of benzene rings is 1. The van der Waals surface area contributed by atoms with Crippen LogP contribution in [0.4, 0.5) is 8.78 Å². The molecule has 0 saturated carbocycles. The fraction of sp³-hybridized carbons (Fsp3) is 0.588. The molecule has 2 N–H and O–H groups in total. The van der Waals surface area contributed by atoms with E-state index < -0.39 is 10.3 Å². The van der Waals surface area contributed by atoms with Gasteiger partial charge in [0.05, 0.1) is 5.56 Å².